The van der Waals surface area contributed by atoms with Crippen LogP contribution in [-0.4, -0.2) is 39.2 Å². The first-order valence-electron chi connectivity index (χ1n) is 11.5. The Bertz CT molecular complexity index is 1380. The molecule has 3 aromatic rings. The van der Waals surface area contributed by atoms with Crippen molar-refractivity contribution in [3.63, 3.8) is 0 Å². The topological polar surface area (TPSA) is 92.5 Å². The van der Waals surface area contributed by atoms with Crippen molar-refractivity contribution in [1.82, 2.24) is 4.90 Å². The molecule has 2 saturated heterocycles. The van der Waals surface area contributed by atoms with Crippen LogP contribution in [0.3, 0.4) is 0 Å². The van der Waals surface area contributed by atoms with Crippen LogP contribution in [0.15, 0.2) is 72.8 Å². The average molecular weight is 486 g/mol. The number of carbonyl (C=O) groups excluding carboxylic acids is 2. The van der Waals surface area contributed by atoms with E-state index in [1.54, 1.807) is 17.8 Å². The third kappa shape index (κ3) is 3.10. The molecule has 3 aliphatic rings. The summed E-state index contributed by atoms with van der Waals surface area (Å²) in [7, 11) is 0. The van der Waals surface area contributed by atoms with Gasteiger partial charge in [0.2, 0.25) is 5.91 Å². The number of nitro benzene ring substituents is 1. The molecule has 1 amide bonds. The van der Waals surface area contributed by atoms with Gasteiger partial charge >= 0.3 is 0 Å². The summed E-state index contributed by atoms with van der Waals surface area (Å²) >= 11 is 1.77. The van der Waals surface area contributed by atoms with E-state index in [0.29, 0.717) is 5.88 Å². The van der Waals surface area contributed by atoms with Gasteiger partial charge in [0.05, 0.1) is 10.8 Å². The summed E-state index contributed by atoms with van der Waals surface area (Å²) < 4.78 is 0. The number of aryl methyl sites for hydroxylation is 1. The van der Waals surface area contributed by atoms with Crippen LogP contribution in [-0.2, 0) is 10.3 Å². The summed E-state index contributed by atoms with van der Waals surface area (Å²) in [5.74, 6) is 0.0115. The van der Waals surface area contributed by atoms with Crippen molar-refractivity contribution in [3.05, 3.63) is 105 Å². The van der Waals surface area contributed by atoms with Gasteiger partial charge in [-0.05, 0) is 18.6 Å². The number of nitrogens with zero attached hydrogens (tertiary/aromatic N) is 2. The van der Waals surface area contributed by atoms with Crippen LogP contribution in [0.5, 0.6) is 0 Å². The number of rotatable bonds is 4. The highest BCUT2D eigenvalue weighted by atomic mass is 32.2. The molecule has 1 N–H and O–H groups in total. The molecule has 3 heterocycles. The molecule has 4 atom stereocenters. The van der Waals surface area contributed by atoms with Gasteiger partial charge in [-0.3, -0.25) is 24.6 Å². The maximum atomic E-state index is 14.4. The van der Waals surface area contributed by atoms with E-state index in [1.165, 1.54) is 18.2 Å². The molecule has 3 aliphatic heterocycles. The molecule has 176 valence electrons. The van der Waals surface area contributed by atoms with Crippen LogP contribution in [0.25, 0.3) is 0 Å². The van der Waals surface area contributed by atoms with Crippen molar-refractivity contribution in [1.29, 1.82) is 0 Å². The van der Waals surface area contributed by atoms with Crippen molar-refractivity contribution < 1.29 is 14.5 Å². The van der Waals surface area contributed by atoms with Crippen molar-refractivity contribution in [2.24, 2.45) is 5.92 Å². The number of nitro groups is 1. The zero-order chi connectivity index (χ0) is 24.3. The molecule has 0 aliphatic carbocycles. The standard InChI is InChI=1S/C27H23N3O4S/c1-16-10-11-21-20(12-16)27(26(32)28-21)24(25(31)18-8-5-9-19(13-18)30(33)34)23(17-6-3-2-4-7-17)22-14-35-15-29(22)27/h2-13,22-24H,14-15H2,1H3,(H,28,32). The minimum Gasteiger partial charge on any atom is -0.324 e. The van der Waals surface area contributed by atoms with Gasteiger partial charge in [-0.1, -0.05) is 60.2 Å². The van der Waals surface area contributed by atoms with Gasteiger partial charge in [0.25, 0.3) is 5.69 Å². The van der Waals surface area contributed by atoms with E-state index >= 15 is 0 Å². The van der Waals surface area contributed by atoms with E-state index in [-0.39, 0.29) is 34.9 Å². The highest BCUT2D eigenvalue weighted by molar-refractivity contribution is 7.99. The Hall–Kier alpha value is -3.49. The molecule has 0 aromatic heterocycles. The Morgan fingerprint density at radius 3 is 2.69 bits per heavy atom. The van der Waals surface area contributed by atoms with Crippen LogP contribution < -0.4 is 5.32 Å². The number of nitrogens with one attached hydrogen (secondary N) is 1. The van der Waals surface area contributed by atoms with E-state index in [0.717, 1.165) is 28.1 Å². The van der Waals surface area contributed by atoms with Crippen molar-refractivity contribution >= 4 is 34.8 Å². The van der Waals surface area contributed by atoms with Crippen LogP contribution in [0.4, 0.5) is 11.4 Å². The SMILES string of the molecule is Cc1ccc2c(c1)C1(C(=O)N2)C(C(=O)c2cccc([N+](=O)[O-])c2)C(c2ccccc2)C2CSCN21. The fourth-order valence-electron chi connectivity index (χ4n) is 6.19. The number of hydrogen-bond acceptors (Lipinski definition) is 6. The first kappa shape index (κ1) is 22.0. The number of thioether (sulfide) groups is 1. The first-order chi connectivity index (χ1) is 16.9. The van der Waals surface area contributed by atoms with Crippen LogP contribution in [0.1, 0.15) is 33.0 Å². The van der Waals surface area contributed by atoms with Crippen LogP contribution in [0.2, 0.25) is 0 Å². The molecule has 8 heteroatoms. The van der Waals surface area contributed by atoms with Gasteiger partial charge in [0, 0.05) is 52.5 Å². The second-order valence-corrected chi connectivity index (χ2v) is 10.4. The lowest BCUT2D eigenvalue weighted by molar-refractivity contribution is -0.384. The number of ketones is 1. The van der Waals surface area contributed by atoms with E-state index < -0.39 is 16.4 Å². The number of Topliss-reactive ketones (excluding diaryl/α,β-unsaturated/α-hetero) is 1. The predicted octanol–water partition coefficient (Wildman–Crippen LogP) is 4.72. The Labute approximate surface area is 206 Å². The minimum absolute atomic E-state index is 0.0211. The highest BCUT2D eigenvalue weighted by Gasteiger charge is 2.69. The molecule has 0 saturated carbocycles. The van der Waals surface area contributed by atoms with E-state index in [9.17, 15) is 19.7 Å². The molecule has 4 unspecified atom stereocenters. The number of hydrogen-bond donors (Lipinski definition) is 1. The summed E-state index contributed by atoms with van der Waals surface area (Å²) in [5, 5.41) is 14.5. The number of amides is 1. The lowest BCUT2D eigenvalue weighted by Crippen LogP contribution is -2.52. The largest absolute Gasteiger partial charge is 0.324 e. The van der Waals surface area contributed by atoms with Gasteiger partial charge in [-0.25, -0.2) is 0 Å². The molecular weight excluding hydrogens is 462 g/mol. The quantitative estimate of drug-likeness (QED) is 0.327. The number of fused-ring (bicyclic) bond motifs is 4. The smallest absolute Gasteiger partial charge is 0.270 e. The molecule has 2 fully saturated rings. The Morgan fingerprint density at radius 2 is 1.91 bits per heavy atom. The summed E-state index contributed by atoms with van der Waals surface area (Å²) in [6.45, 7) is 1.98. The molecule has 7 nitrogen and oxygen atoms in total. The second-order valence-electron chi connectivity index (χ2n) is 9.39. The maximum Gasteiger partial charge on any atom is 0.270 e. The van der Waals surface area contributed by atoms with Gasteiger partial charge in [0.1, 0.15) is 5.54 Å². The van der Waals surface area contributed by atoms with Crippen LogP contribution >= 0.6 is 11.8 Å². The van der Waals surface area contributed by atoms with E-state index in [1.807, 2.05) is 55.5 Å². The fraction of sp³-hybridized carbons (Fsp3) is 0.259. The second kappa shape index (κ2) is 8.03. The lowest BCUT2D eigenvalue weighted by atomic mass is 9.69. The molecule has 0 radical (unpaired) electrons. The van der Waals surface area contributed by atoms with E-state index in [4.69, 9.17) is 0 Å². The van der Waals surface area contributed by atoms with Gasteiger partial charge in [0.15, 0.2) is 5.78 Å². The zero-order valence-electron chi connectivity index (χ0n) is 19.0. The summed E-state index contributed by atoms with van der Waals surface area (Å²) in [4.78, 5) is 41.6. The number of anilines is 1. The van der Waals surface area contributed by atoms with Gasteiger partial charge in [-0.15, -0.1) is 11.8 Å². The molecular formula is C27H23N3O4S. The molecule has 0 bridgehead atoms. The normalized spacial score (nSPS) is 27.0. The Balaban J connectivity index is 1.62. The Morgan fingerprint density at radius 1 is 1.11 bits per heavy atom. The first-order valence-corrected chi connectivity index (χ1v) is 12.7. The summed E-state index contributed by atoms with van der Waals surface area (Å²) in [6, 6.07) is 21.6. The summed E-state index contributed by atoms with van der Waals surface area (Å²) in [5.41, 5.74) is 2.48. The maximum absolute atomic E-state index is 14.4. The Kier molecular flexibility index (Phi) is 5.05. The summed E-state index contributed by atoms with van der Waals surface area (Å²) in [6.07, 6.45) is 0. The third-order valence-electron chi connectivity index (χ3n) is 7.58. The predicted molar refractivity (Wildman–Crippen MR) is 135 cm³/mol. The number of non-ortho nitro benzene ring substituents is 1. The van der Waals surface area contributed by atoms with Crippen LogP contribution in [0, 0.1) is 23.0 Å². The van der Waals surface area contributed by atoms with Crippen molar-refractivity contribution in [3.8, 4) is 0 Å². The molecule has 35 heavy (non-hydrogen) atoms. The minimum atomic E-state index is -1.18. The molecule has 6 rings (SSSR count). The van der Waals surface area contributed by atoms with Crippen molar-refractivity contribution in [2.75, 3.05) is 16.9 Å². The van der Waals surface area contributed by atoms with Gasteiger partial charge < -0.3 is 5.32 Å². The zero-order valence-corrected chi connectivity index (χ0v) is 19.8. The number of carbonyl (C=O) groups is 2. The van der Waals surface area contributed by atoms with E-state index in [2.05, 4.69) is 10.2 Å². The molecule has 3 aromatic carbocycles. The molecule has 1 spiro atoms. The highest BCUT2D eigenvalue weighted by Crippen LogP contribution is 2.61. The third-order valence-corrected chi connectivity index (χ3v) is 8.62. The van der Waals surface area contributed by atoms with Crippen molar-refractivity contribution in [2.45, 2.75) is 24.4 Å². The van der Waals surface area contributed by atoms with Gasteiger partial charge in [-0.2, -0.15) is 0 Å². The monoisotopic (exact) mass is 485 g/mol. The average Bonchev–Trinajstić information content (AvgIpc) is 3.52. The fourth-order valence-corrected chi connectivity index (χ4v) is 7.52. The lowest BCUT2D eigenvalue weighted by Gasteiger charge is -2.36. The number of benzene rings is 3.